The summed E-state index contributed by atoms with van der Waals surface area (Å²) in [4.78, 5) is 0. The van der Waals surface area contributed by atoms with Crippen LogP contribution in [0.5, 0.6) is 5.75 Å². The van der Waals surface area contributed by atoms with Gasteiger partial charge in [0.05, 0.1) is 13.2 Å². The van der Waals surface area contributed by atoms with Gasteiger partial charge in [-0.2, -0.15) is 0 Å². The van der Waals surface area contributed by atoms with Crippen molar-refractivity contribution in [2.75, 3.05) is 13.7 Å². The monoisotopic (exact) mass is 295 g/mol. The van der Waals surface area contributed by atoms with Gasteiger partial charge in [0.2, 0.25) is 0 Å². The topological polar surface area (TPSA) is 34.4 Å². The van der Waals surface area contributed by atoms with E-state index in [9.17, 15) is 8.78 Å². The number of methoxy groups -OCH3 is 1. The van der Waals surface area contributed by atoms with Crippen molar-refractivity contribution in [2.45, 2.75) is 26.8 Å². The second-order valence-corrected chi connectivity index (χ2v) is 4.86. The third-order valence-corrected chi connectivity index (χ3v) is 3.38. The summed E-state index contributed by atoms with van der Waals surface area (Å²) in [5.41, 5.74) is 0.707. The molecule has 0 fully saturated rings. The minimum absolute atomic E-state index is 0.0263. The van der Waals surface area contributed by atoms with Crippen LogP contribution in [0.3, 0.4) is 0 Å². The van der Waals surface area contributed by atoms with E-state index in [2.05, 4.69) is 5.32 Å². The molecule has 1 N–H and O–H groups in total. The molecule has 2 rings (SSSR count). The molecular formula is C16H19F2NO2. The summed E-state index contributed by atoms with van der Waals surface area (Å²) >= 11 is 0. The Morgan fingerprint density at radius 2 is 1.81 bits per heavy atom. The zero-order valence-corrected chi connectivity index (χ0v) is 12.6. The maximum absolute atomic E-state index is 14.3. The Balaban J connectivity index is 2.55. The lowest BCUT2D eigenvalue weighted by Crippen LogP contribution is -2.24. The predicted octanol–water partition coefficient (Wildman–Crippen LogP) is 3.88. The Morgan fingerprint density at radius 3 is 2.24 bits per heavy atom. The molecule has 5 heteroatoms. The molecule has 0 saturated heterocycles. The number of benzene rings is 1. The van der Waals surface area contributed by atoms with Crippen LogP contribution in [0.2, 0.25) is 0 Å². The highest BCUT2D eigenvalue weighted by atomic mass is 19.1. The van der Waals surface area contributed by atoms with E-state index in [-0.39, 0.29) is 11.3 Å². The minimum Gasteiger partial charge on any atom is -0.497 e. The molecular weight excluding hydrogens is 276 g/mol. The van der Waals surface area contributed by atoms with Crippen LogP contribution in [-0.2, 0) is 0 Å². The van der Waals surface area contributed by atoms with E-state index in [4.69, 9.17) is 9.15 Å². The number of hydrogen-bond donors (Lipinski definition) is 1. The fourth-order valence-electron chi connectivity index (χ4n) is 2.46. The van der Waals surface area contributed by atoms with E-state index >= 15 is 0 Å². The molecule has 1 aromatic carbocycles. The smallest absolute Gasteiger partial charge is 0.134 e. The van der Waals surface area contributed by atoms with Gasteiger partial charge in [-0.25, -0.2) is 8.78 Å². The normalized spacial score (nSPS) is 12.5. The van der Waals surface area contributed by atoms with E-state index in [0.29, 0.717) is 18.1 Å². The summed E-state index contributed by atoms with van der Waals surface area (Å²) in [6, 6.07) is 3.57. The third kappa shape index (κ3) is 3.08. The minimum atomic E-state index is -0.643. The maximum atomic E-state index is 14.3. The van der Waals surface area contributed by atoms with Crippen LogP contribution in [0.4, 0.5) is 8.78 Å². The van der Waals surface area contributed by atoms with Crippen molar-refractivity contribution in [3.63, 3.8) is 0 Å². The van der Waals surface area contributed by atoms with Gasteiger partial charge in [0.15, 0.2) is 0 Å². The zero-order chi connectivity index (χ0) is 15.6. The summed E-state index contributed by atoms with van der Waals surface area (Å²) in [5.74, 6) is 0.226. The highest BCUT2D eigenvalue weighted by Crippen LogP contribution is 2.32. The molecule has 0 spiro atoms. The largest absolute Gasteiger partial charge is 0.497 e. The van der Waals surface area contributed by atoms with E-state index in [1.807, 2.05) is 6.92 Å². The van der Waals surface area contributed by atoms with E-state index < -0.39 is 17.7 Å². The van der Waals surface area contributed by atoms with Gasteiger partial charge in [0, 0.05) is 23.3 Å². The molecule has 1 unspecified atom stereocenters. The number of hydrogen-bond acceptors (Lipinski definition) is 3. The molecule has 0 saturated carbocycles. The fourth-order valence-corrected chi connectivity index (χ4v) is 2.46. The first kappa shape index (κ1) is 15.5. The van der Waals surface area contributed by atoms with Gasteiger partial charge < -0.3 is 14.5 Å². The van der Waals surface area contributed by atoms with Crippen molar-refractivity contribution < 1.29 is 17.9 Å². The molecule has 1 heterocycles. The van der Waals surface area contributed by atoms with Crippen LogP contribution < -0.4 is 10.1 Å². The van der Waals surface area contributed by atoms with Crippen LogP contribution in [0.25, 0.3) is 0 Å². The average molecular weight is 295 g/mol. The first-order valence-electron chi connectivity index (χ1n) is 6.81. The van der Waals surface area contributed by atoms with E-state index in [0.717, 1.165) is 5.56 Å². The van der Waals surface area contributed by atoms with Crippen LogP contribution in [-0.4, -0.2) is 13.7 Å². The van der Waals surface area contributed by atoms with Gasteiger partial charge >= 0.3 is 0 Å². The van der Waals surface area contributed by atoms with Gasteiger partial charge in [-0.3, -0.25) is 0 Å². The second-order valence-electron chi connectivity index (χ2n) is 4.86. The molecule has 0 bridgehead atoms. The lowest BCUT2D eigenvalue weighted by Gasteiger charge is -2.20. The summed E-state index contributed by atoms with van der Waals surface area (Å²) in [6.07, 6.45) is 0. The van der Waals surface area contributed by atoms with E-state index in [1.54, 1.807) is 19.9 Å². The summed E-state index contributed by atoms with van der Waals surface area (Å²) in [6.45, 7) is 6.04. The number of aryl methyl sites for hydroxylation is 2. The van der Waals surface area contributed by atoms with Crippen molar-refractivity contribution in [3.05, 3.63) is 52.5 Å². The zero-order valence-electron chi connectivity index (χ0n) is 12.6. The molecule has 114 valence electrons. The quantitative estimate of drug-likeness (QED) is 0.909. The molecule has 0 aliphatic heterocycles. The molecule has 0 aliphatic rings. The molecule has 0 aliphatic carbocycles. The van der Waals surface area contributed by atoms with Crippen molar-refractivity contribution in [1.82, 2.24) is 5.32 Å². The first-order chi connectivity index (χ1) is 9.97. The summed E-state index contributed by atoms with van der Waals surface area (Å²) in [5, 5.41) is 3.11. The van der Waals surface area contributed by atoms with Crippen molar-refractivity contribution in [2.24, 2.45) is 0 Å². The Hall–Kier alpha value is -1.88. The van der Waals surface area contributed by atoms with Crippen LogP contribution in [0, 0.1) is 25.5 Å². The maximum Gasteiger partial charge on any atom is 0.134 e. The highest BCUT2D eigenvalue weighted by molar-refractivity contribution is 5.39. The van der Waals surface area contributed by atoms with Crippen LogP contribution >= 0.6 is 0 Å². The Morgan fingerprint density at radius 1 is 1.19 bits per heavy atom. The van der Waals surface area contributed by atoms with Gasteiger partial charge in [-0.05, 0) is 26.5 Å². The lowest BCUT2D eigenvalue weighted by atomic mass is 9.97. The number of rotatable bonds is 5. The average Bonchev–Trinajstić information content (AvgIpc) is 2.75. The SMILES string of the molecule is CCNC(c1cc(C)oc1C)c1c(F)cc(OC)cc1F. The summed E-state index contributed by atoms with van der Waals surface area (Å²) < 4.78 is 39.0. The van der Waals surface area contributed by atoms with Gasteiger partial charge in [0.1, 0.15) is 28.9 Å². The van der Waals surface area contributed by atoms with Crippen molar-refractivity contribution >= 4 is 0 Å². The molecule has 21 heavy (non-hydrogen) atoms. The number of ether oxygens (including phenoxy) is 1. The van der Waals surface area contributed by atoms with Gasteiger partial charge in [-0.15, -0.1) is 0 Å². The third-order valence-electron chi connectivity index (χ3n) is 3.38. The first-order valence-corrected chi connectivity index (χ1v) is 6.81. The fraction of sp³-hybridized carbons (Fsp3) is 0.375. The Kier molecular flexibility index (Phi) is 4.63. The summed E-state index contributed by atoms with van der Waals surface area (Å²) in [7, 11) is 1.37. The number of furan rings is 1. The van der Waals surface area contributed by atoms with Crippen LogP contribution in [0.1, 0.15) is 35.6 Å². The van der Waals surface area contributed by atoms with E-state index in [1.165, 1.54) is 19.2 Å². The standard InChI is InChI=1S/C16H19F2NO2/c1-5-19-16(12-6-9(2)21-10(12)3)15-13(17)7-11(20-4)8-14(15)18/h6-8,16,19H,5H2,1-4H3. The molecule has 3 nitrogen and oxygen atoms in total. The molecule has 1 atom stereocenters. The number of nitrogens with one attached hydrogen (secondary N) is 1. The highest BCUT2D eigenvalue weighted by Gasteiger charge is 2.25. The molecule has 0 radical (unpaired) electrons. The Bertz CT molecular complexity index is 614. The molecule has 0 amide bonds. The molecule has 2 aromatic rings. The van der Waals surface area contributed by atoms with Gasteiger partial charge in [0.25, 0.3) is 0 Å². The molecule has 1 aromatic heterocycles. The van der Waals surface area contributed by atoms with Crippen molar-refractivity contribution in [3.8, 4) is 5.75 Å². The Labute approximate surface area is 122 Å². The second kappa shape index (κ2) is 6.26. The predicted molar refractivity (Wildman–Crippen MR) is 76.6 cm³/mol. The van der Waals surface area contributed by atoms with Crippen molar-refractivity contribution in [1.29, 1.82) is 0 Å². The lowest BCUT2D eigenvalue weighted by molar-refractivity contribution is 0.403. The van der Waals surface area contributed by atoms with Gasteiger partial charge in [-0.1, -0.05) is 6.92 Å². The van der Waals surface area contributed by atoms with Crippen LogP contribution in [0.15, 0.2) is 22.6 Å². The number of halogens is 2.